The van der Waals surface area contributed by atoms with Crippen LogP contribution in [-0.4, -0.2) is 49.5 Å². The van der Waals surface area contributed by atoms with Crippen molar-refractivity contribution in [1.82, 2.24) is 9.62 Å². The summed E-state index contributed by atoms with van der Waals surface area (Å²) in [4.78, 5) is 12.4. The highest BCUT2D eigenvalue weighted by Gasteiger charge is 2.32. The predicted octanol–water partition coefficient (Wildman–Crippen LogP) is 1.91. The molecule has 1 aromatic carbocycles. The molecule has 8 heteroatoms. The van der Waals surface area contributed by atoms with Crippen LogP contribution in [-0.2, 0) is 14.8 Å². The highest BCUT2D eigenvalue weighted by Crippen LogP contribution is 2.21. The Morgan fingerprint density at radius 1 is 1.31 bits per heavy atom. The van der Waals surface area contributed by atoms with Crippen LogP contribution in [0.2, 0.25) is 0 Å². The summed E-state index contributed by atoms with van der Waals surface area (Å²) in [5.74, 6) is -0.409. The van der Waals surface area contributed by atoms with Crippen molar-refractivity contribution in [2.24, 2.45) is 0 Å². The first-order valence-corrected chi connectivity index (χ1v) is 10.0. The lowest BCUT2D eigenvalue weighted by Gasteiger charge is -2.34. The lowest BCUT2D eigenvalue weighted by atomic mass is 10.0. The van der Waals surface area contributed by atoms with E-state index in [4.69, 9.17) is 10.00 Å². The van der Waals surface area contributed by atoms with Gasteiger partial charge in [0, 0.05) is 18.7 Å². The maximum atomic E-state index is 12.8. The van der Waals surface area contributed by atoms with Gasteiger partial charge in [-0.1, -0.05) is 6.92 Å². The molecule has 1 saturated heterocycles. The van der Waals surface area contributed by atoms with Gasteiger partial charge < -0.3 is 10.1 Å². The van der Waals surface area contributed by atoms with E-state index < -0.39 is 21.5 Å². The minimum Gasteiger partial charge on any atom is -0.373 e. The molecule has 0 aromatic heterocycles. The third-order valence-electron chi connectivity index (χ3n) is 4.48. The lowest BCUT2D eigenvalue weighted by Crippen LogP contribution is -2.48. The van der Waals surface area contributed by atoms with Crippen molar-refractivity contribution in [3.63, 3.8) is 0 Å². The molecule has 0 spiro atoms. The van der Waals surface area contributed by atoms with Crippen LogP contribution in [0.1, 0.15) is 44.5 Å². The second-order valence-corrected chi connectivity index (χ2v) is 8.79. The van der Waals surface area contributed by atoms with Gasteiger partial charge in [0.25, 0.3) is 5.91 Å². The van der Waals surface area contributed by atoms with Gasteiger partial charge in [-0.15, -0.1) is 0 Å². The van der Waals surface area contributed by atoms with Crippen LogP contribution >= 0.6 is 0 Å². The van der Waals surface area contributed by atoms with Crippen LogP contribution in [0.5, 0.6) is 0 Å². The monoisotopic (exact) mass is 379 g/mol. The summed E-state index contributed by atoms with van der Waals surface area (Å²) in [5, 5.41) is 11.8. The van der Waals surface area contributed by atoms with E-state index in [2.05, 4.69) is 11.4 Å². The number of rotatable bonds is 5. The van der Waals surface area contributed by atoms with Crippen LogP contribution in [0.15, 0.2) is 29.2 Å². The van der Waals surface area contributed by atoms with E-state index in [1.807, 2.05) is 20.8 Å². The number of amides is 1. The van der Waals surface area contributed by atoms with Crippen LogP contribution in [0, 0.1) is 11.3 Å². The molecule has 26 heavy (non-hydrogen) atoms. The largest absolute Gasteiger partial charge is 0.373 e. The molecule has 3 atom stereocenters. The number of nitriles is 1. The Labute approximate surface area is 155 Å². The second kappa shape index (κ2) is 7.74. The van der Waals surface area contributed by atoms with Gasteiger partial charge >= 0.3 is 0 Å². The number of ether oxygens (including phenoxy) is 1. The highest BCUT2D eigenvalue weighted by molar-refractivity contribution is 7.89. The molecule has 1 aromatic rings. The summed E-state index contributed by atoms with van der Waals surface area (Å²) in [5.41, 5.74) is -0.648. The van der Waals surface area contributed by atoms with E-state index >= 15 is 0 Å². The molecule has 1 N–H and O–H groups in total. The third kappa shape index (κ3) is 4.41. The summed E-state index contributed by atoms with van der Waals surface area (Å²) in [6.45, 7) is 7.73. The molecule has 0 saturated carbocycles. The summed E-state index contributed by atoms with van der Waals surface area (Å²) >= 11 is 0. The number of sulfonamides is 1. The molecule has 1 fully saturated rings. The van der Waals surface area contributed by atoms with Crippen molar-refractivity contribution in [1.29, 1.82) is 5.26 Å². The number of nitrogens with one attached hydrogen (secondary N) is 1. The lowest BCUT2D eigenvalue weighted by molar-refractivity contribution is -0.0440. The smallest absolute Gasteiger partial charge is 0.252 e. The third-order valence-corrected chi connectivity index (χ3v) is 6.33. The predicted molar refractivity (Wildman–Crippen MR) is 97.0 cm³/mol. The Morgan fingerprint density at radius 3 is 2.31 bits per heavy atom. The van der Waals surface area contributed by atoms with Gasteiger partial charge in [0.15, 0.2) is 0 Å². The second-order valence-electron chi connectivity index (χ2n) is 6.86. The number of benzene rings is 1. The topological polar surface area (TPSA) is 99.5 Å². The maximum absolute atomic E-state index is 12.8. The van der Waals surface area contributed by atoms with Crippen LogP contribution < -0.4 is 5.32 Å². The average molecular weight is 379 g/mol. The van der Waals surface area contributed by atoms with Gasteiger partial charge in [-0.25, -0.2) is 8.42 Å². The van der Waals surface area contributed by atoms with Crippen LogP contribution in [0.25, 0.3) is 0 Å². The zero-order valence-corrected chi connectivity index (χ0v) is 16.3. The Morgan fingerprint density at radius 2 is 1.85 bits per heavy atom. The Balaban J connectivity index is 2.18. The van der Waals surface area contributed by atoms with Gasteiger partial charge in [0.05, 0.1) is 23.2 Å². The van der Waals surface area contributed by atoms with Crippen LogP contribution in [0.3, 0.4) is 0 Å². The van der Waals surface area contributed by atoms with Gasteiger partial charge in [0.1, 0.15) is 5.54 Å². The molecule has 0 aliphatic carbocycles. The Kier molecular flexibility index (Phi) is 6.06. The number of carbonyl (C=O) groups excluding carboxylic acids is 1. The van der Waals surface area contributed by atoms with Gasteiger partial charge in [-0.3, -0.25) is 4.79 Å². The number of hydrogen-bond acceptors (Lipinski definition) is 5. The molecule has 0 bridgehead atoms. The average Bonchev–Trinajstić information content (AvgIpc) is 2.60. The summed E-state index contributed by atoms with van der Waals surface area (Å²) in [6.07, 6.45) is 0.127. The fourth-order valence-corrected chi connectivity index (χ4v) is 4.36. The molecule has 0 unspecified atom stereocenters. The molecule has 1 aliphatic rings. The van der Waals surface area contributed by atoms with Crippen molar-refractivity contribution in [3.05, 3.63) is 29.8 Å². The molecule has 1 heterocycles. The summed E-state index contributed by atoms with van der Waals surface area (Å²) in [6, 6.07) is 7.83. The molecule has 142 valence electrons. The van der Waals surface area contributed by atoms with Gasteiger partial charge in [0.2, 0.25) is 10.0 Å². The standard InChI is InChI=1S/C18H25N3O4S/c1-5-18(4,12-19)20-17(22)15-6-8-16(9-7-15)26(23,24)21-10-13(2)25-14(3)11-21/h6-9,13-14H,5,10-11H2,1-4H3,(H,20,22)/t13-,14-,18-/m1/s1. The van der Waals surface area contributed by atoms with Crippen molar-refractivity contribution in [2.45, 2.75) is 56.8 Å². The molecular formula is C18H25N3O4S. The minimum absolute atomic E-state index is 0.133. The Bertz CT molecular complexity index is 791. The van der Waals surface area contributed by atoms with Crippen LogP contribution in [0.4, 0.5) is 0 Å². The van der Waals surface area contributed by atoms with E-state index in [0.29, 0.717) is 25.1 Å². The zero-order valence-electron chi connectivity index (χ0n) is 15.5. The fourth-order valence-electron chi connectivity index (χ4n) is 2.77. The van der Waals surface area contributed by atoms with E-state index in [1.165, 1.54) is 28.6 Å². The maximum Gasteiger partial charge on any atom is 0.252 e. The molecular weight excluding hydrogens is 354 g/mol. The fraction of sp³-hybridized carbons (Fsp3) is 0.556. The summed E-state index contributed by atoms with van der Waals surface area (Å²) < 4.78 is 32.6. The number of nitrogens with zero attached hydrogens (tertiary/aromatic N) is 2. The first-order valence-electron chi connectivity index (χ1n) is 8.60. The van der Waals surface area contributed by atoms with E-state index in [0.717, 1.165) is 0 Å². The number of carbonyl (C=O) groups is 1. The van der Waals surface area contributed by atoms with E-state index in [1.54, 1.807) is 6.92 Å². The molecule has 1 aliphatic heterocycles. The molecule has 1 amide bonds. The van der Waals surface area contributed by atoms with E-state index in [-0.39, 0.29) is 17.1 Å². The highest BCUT2D eigenvalue weighted by atomic mass is 32.2. The van der Waals surface area contributed by atoms with Crippen molar-refractivity contribution in [2.75, 3.05) is 13.1 Å². The molecule has 2 rings (SSSR count). The molecule has 0 radical (unpaired) electrons. The normalized spacial score (nSPS) is 23.7. The van der Waals surface area contributed by atoms with Crippen molar-refractivity contribution >= 4 is 15.9 Å². The first-order chi connectivity index (χ1) is 12.1. The quantitative estimate of drug-likeness (QED) is 0.842. The first kappa shape index (κ1) is 20.4. The van der Waals surface area contributed by atoms with Crippen molar-refractivity contribution < 1.29 is 17.9 Å². The minimum atomic E-state index is -3.65. The number of morpholine rings is 1. The SMILES string of the molecule is CC[C@](C)(C#N)NC(=O)c1ccc(S(=O)(=O)N2C[C@@H](C)O[C@H](C)C2)cc1. The van der Waals surface area contributed by atoms with Crippen molar-refractivity contribution in [3.8, 4) is 6.07 Å². The van der Waals surface area contributed by atoms with E-state index in [9.17, 15) is 13.2 Å². The molecule has 7 nitrogen and oxygen atoms in total. The Hall–Kier alpha value is -1.95. The zero-order chi connectivity index (χ0) is 19.5. The van der Waals surface area contributed by atoms with Gasteiger partial charge in [-0.05, 0) is 51.5 Å². The van der Waals surface area contributed by atoms with Gasteiger partial charge in [-0.2, -0.15) is 9.57 Å². The number of hydrogen-bond donors (Lipinski definition) is 1. The summed E-state index contributed by atoms with van der Waals surface area (Å²) in [7, 11) is -3.65.